The average Bonchev–Trinajstić information content (AvgIpc) is 2.30. The highest BCUT2D eigenvalue weighted by molar-refractivity contribution is 5.75. The molecule has 3 heteroatoms. The lowest BCUT2D eigenvalue weighted by Gasteiger charge is -2.22. The number of carbonyl (C=O) groups is 1. The summed E-state index contributed by atoms with van der Waals surface area (Å²) in [4.78, 5) is 13.3. The van der Waals surface area contributed by atoms with Gasteiger partial charge in [-0.3, -0.25) is 9.69 Å². The van der Waals surface area contributed by atoms with Crippen molar-refractivity contribution in [1.82, 2.24) is 4.90 Å². The molecule has 0 amide bonds. The number of hydrogen-bond acceptors (Lipinski definition) is 3. The molecule has 88 valence electrons. The molecule has 1 aromatic carbocycles. The van der Waals surface area contributed by atoms with E-state index in [1.807, 2.05) is 18.9 Å². The Balaban J connectivity index is 2.60. The van der Waals surface area contributed by atoms with Crippen molar-refractivity contribution in [3.63, 3.8) is 0 Å². The summed E-state index contributed by atoms with van der Waals surface area (Å²) >= 11 is 0. The van der Waals surface area contributed by atoms with Crippen LogP contribution in [0.3, 0.4) is 0 Å². The van der Waals surface area contributed by atoms with Crippen molar-refractivity contribution in [3.05, 3.63) is 35.4 Å². The van der Waals surface area contributed by atoms with E-state index in [9.17, 15) is 4.79 Å². The molecule has 0 aliphatic heterocycles. The lowest BCUT2D eigenvalue weighted by Crippen LogP contribution is -2.36. The largest absolute Gasteiger partial charge is 0.468 e. The maximum absolute atomic E-state index is 11.3. The second-order valence-electron chi connectivity index (χ2n) is 4.10. The SMILES string of the molecule is COC(=O)[C@@H](C)N(C)Cc1ccc(C)cc1. The van der Waals surface area contributed by atoms with Crippen LogP contribution in [0.5, 0.6) is 0 Å². The molecule has 16 heavy (non-hydrogen) atoms. The second-order valence-corrected chi connectivity index (χ2v) is 4.10. The van der Waals surface area contributed by atoms with Gasteiger partial charge in [0.1, 0.15) is 6.04 Å². The smallest absolute Gasteiger partial charge is 0.322 e. The molecule has 0 saturated carbocycles. The van der Waals surface area contributed by atoms with Gasteiger partial charge >= 0.3 is 5.97 Å². The van der Waals surface area contributed by atoms with E-state index in [0.29, 0.717) is 0 Å². The number of nitrogens with zero attached hydrogens (tertiary/aromatic N) is 1. The molecule has 0 saturated heterocycles. The molecule has 0 aromatic heterocycles. The monoisotopic (exact) mass is 221 g/mol. The first kappa shape index (κ1) is 12.7. The van der Waals surface area contributed by atoms with E-state index in [4.69, 9.17) is 4.74 Å². The van der Waals surface area contributed by atoms with Crippen molar-refractivity contribution >= 4 is 5.97 Å². The van der Waals surface area contributed by atoms with Gasteiger partial charge in [0, 0.05) is 6.54 Å². The number of hydrogen-bond donors (Lipinski definition) is 0. The first-order chi connectivity index (χ1) is 7.54. The Kier molecular flexibility index (Phi) is 4.50. The fraction of sp³-hybridized carbons (Fsp3) is 0.462. The topological polar surface area (TPSA) is 29.5 Å². The number of likely N-dealkylation sites (N-methyl/N-ethyl adjacent to an activating group) is 1. The fourth-order valence-electron chi connectivity index (χ4n) is 1.47. The maximum Gasteiger partial charge on any atom is 0.322 e. The molecule has 0 radical (unpaired) electrons. The van der Waals surface area contributed by atoms with Gasteiger partial charge in [0.25, 0.3) is 0 Å². The van der Waals surface area contributed by atoms with E-state index in [-0.39, 0.29) is 12.0 Å². The Morgan fingerprint density at radius 1 is 1.38 bits per heavy atom. The number of aryl methyl sites for hydroxylation is 1. The van der Waals surface area contributed by atoms with E-state index >= 15 is 0 Å². The van der Waals surface area contributed by atoms with Crippen molar-refractivity contribution in [2.75, 3.05) is 14.2 Å². The summed E-state index contributed by atoms with van der Waals surface area (Å²) in [6, 6.07) is 8.09. The van der Waals surface area contributed by atoms with Gasteiger partial charge in [0.15, 0.2) is 0 Å². The Morgan fingerprint density at radius 2 is 1.94 bits per heavy atom. The highest BCUT2D eigenvalue weighted by Crippen LogP contribution is 2.08. The lowest BCUT2D eigenvalue weighted by atomic mass is 10.1. The predicted octanol–water partition coefficient (Wildman–Crippen LogP) is 1.99. The molecule has 0 N–H and O–H groups in total. The molecular formula is C13H19NO2. The van der Waals surface area contributed by atoms with Crippen molar-refractivity contribution in [1.29, 1.82) is 0 Å². The zero-order chi connectivity index (χ0) is 12.1. The normalized spacial score (nSPS) is 12.6. The third-order valence-corrected chi connectivity index (χ3v) is 2.76. The molecule has 1 atom stereocenters. The summed E-state index contributed by atoms with van der Waals surface area (Å²) in [5.41, 5.74) is 2.44. The van der Waals surface area contributed by atoms with Gasteiger partial charge in [-0.15, -0.1) is 0 Å². The minimum Gasteiger partial charge on any atom is -0.468 e. The quantitative estimate of drug-likeness (QED) is 0.728. The molecular weight excluding hydrogens is 202 g/mol. The number of esters is 1. The van der Waals surface area contributed by atoms with Crippen molar-refractivity contribution in [2.24, 2.45) is 0 Å². The van der Waals surface area contributed by atoms with E-state index in [2.05, 4.69) is 31.2 Å². The van der Waals surface area contributed by atoms with E-state index in [1.165, 1.54) is 18.2 Å². The molecule has 0 aliphatic carbocycles. The molecule has 0 fully saturated rings. The summed E-state index contributed by atoms with van der Waals surface area (Å²) in [6.45, 7) is 4.65. The highest BCUT2D eigenvalue weighted by Gasteiger charge is 2.18. The molecule has 3 nitrogen and oxygen atoms in total. The van der Waals surface area contributed by atoms with Crippen molar-refractivity contribution in [3.8, 4) is 0 Å². The number of ether oxygens (including phenoxy) is 1. The lowest BCUT2D eigenvalue weighted by molar-refractivity contribution is -0.145. The van der Waals surface area contributed by atoms with Gasteiger partial charge in [-0.1, -0.05) is 29.8 Å². The minimum atomic E-state index is -0.216. The van der Waals surface area contributed by atoms with Crippen molar-refractivity contribution < 1.29 is 9.53 Å². The molecule has 0 spiro atoms. The summed E-state index contributed by atoms with van der Waals surface area (Å²) in [7, 11) is 3.33. The second kappa shape index (κ2) is 5.66. The summed E-state index contributed by atoms with van der Waals surface area (Å²) < 4.78 is 4.71. The third-order valence-electron chi connectivity index (χ3n) is 2.76. The van der Waals surface area contributed by atoms with Crippen LogP contribution in [0.15, 0.2) is 24.3 Å². The number of methoxy groups -OCH3 is 1. The van der Waals surface area contributed by atoms with Crippen LogP contribution in [0.2, 0.25) is 0 Å². The standard InChI is InChI=1S/C13H19NO2/c1-10-5-7-12(8-6-10)9-14(3)11(2)13(15)16-4/h5-8,11H,9H2,1-4H3/t11-/m1/s1. The molecule has 1 aromatic rings. The van der Waals surface area contributed by atoms with Gasteiger partial charge in [0.2, 0.25) is 0 Å². The zero-order valence-corrected chi connectivity index (χ0v) is 10.4. The number of carbonyl (C=O) groups excluding carboxylic acids is 1. The Labute approximate surface area is 97.0 Å². The Bertz CT molecular complexity index is 345. The predicted molar refractivity (Wildman–Crippen MR) is 64.1 cm³/mol. The van der Waals surface area contributed by atoms with Gasteiger partial charge in [-0.25, -0.2) is 0 Å². The van der Waals surface area contributed by atoms with Crippen LogP contribution in [0, 0.1) is 6.92 Å². The maximum atomic E-state index is 11.3. The van der Waals surface area contributed by atoms with E-state index in [1.54, 1.807) is 0 Å². The van der Waals surface area contributed by atoms with Gasteiger partial charge in [-0.05, 0) is 26.5 Å². The van der Waals surface area contributed by atoms with Gasteiger partial charge < -0.3 is 4.74 Å². The van der Waals surface area contributed by atoms with Crippen LogP contribution >= 0.6 is 0 Å². The number of rotatable bonds is 4. The Morgan fingerprint density at radius 3 is 2.44 bits per heavy atom. The summed E-state index contributed by atoms with van der Waals surface area (Å²) in [6.07, 6.45) is 0. The third kappa shape index (κ3) is 3.35. The summed E-state index contributed by atoms with van der Waals surface area (Å²) in [5, 5.41) is 0. The Hall–Kier alpha value is -1.35. The van der Waals surface area contributed by atoms with Crippen molar-refractivity contribution in [2.45, 2.75) is 26.4 Å². The van der Waals surface area contributed by atoms with Crippen LogP contribution in [-0.2, 0) is 16.1 Å². The van der Waals surface area contributed by atoms with Crippen LogP contribution in [0.4, 0.5) is 0 Å². The molecule has 0 unspecified atom stereocenters. The van der Waals surface area contributed by atoms with E-state index < -0.39 is 0 Å². The summed E-state index contributed by atoms with van der Waals surface area (Å²) in [5.74, 6) is -0.199. The van der Waals surface area contributed by atoms with Crippen LogP contribution < -0.4 is 0 Å². The molecule has 0 bridgehead atoms. The fourth-order valence-corrected chi connectivity index (χ4v) is 1.47. The molecule has 1 rings (SSSR count). The van der Waals surface area contributed by atoms with Gasteiger partial charge in [-0.2, -0.15) is 0 Å². The van der Waals surface area contributed by atoms with Crippen LogP contribution in [0.25, 0.3) is 0 Å². The molecule has 0 heterocycles. The van der Waals surface area contributed by atoms with E-state index in [0.717, 1.165) is 6.54 Å². The number of benzene rings is 1. The van der Waals surface area contributed by atoms with Crippen LogP contribution in [-0.4, -0.2) is 31.1 Å². The average molecular weight is 221 g/mol. The molecule has 0 aliphatic rings. The zero-order valence-electron chi connectivity index (χ0n) is 10.4. The first-order valence-corrected chi connectivity index (χ1v) is 5.38. The highest BCUT2D eigenvalue weighted by atomic mass is 16.5. The first-order valence-electron chi connectivity index (χ1n) is 5.38. The van der Waals surface area contributed by atoms with Gasteiger partial charge in [0.05, 0.1) is 7.11 Å². The van der Waals surface area contributed by atoms with Crippen LogP contribution in [0.1, 0.15) is 18.1 Å². The minimum absolute atomic E-state index is 0.199.